The molecule has 0 saturated carbocycles. The summed E-state index contributed by atoms with van der Waals surface area (Å²) in [6, 6.07) is 9.45. The summed E-state index contributed by atoms with van der Waals surface area (Å²) in [5.74, 6) is 0. The Morgan fingerprint density at radius 3 is 2.39 bits per heavy atom. The van der Waals surface area contributed by atoms with Gasteiger partial charge in [0.2, 0.25) is 0 Å². The Kier molecular flexibility index (Phi) is 4.54. The van der Waals surface area contributed by atoms with Gasteiger partial charge in [0.1, 0.15) is 11.0 Å². The maximum Gasteiger partial charge on any atom is 0.416 e. The van der Waals surface area contributed by atoms with E-state index in [0.717, 1.165) is 6.07 Å². The van der Waals surface area contributed by atoms with Crippen LogP contribution >= 0.6 is 11.6 Å². The predicted molar refractivity (Wildman–Crippen MR) is 78.4 cm³/mol. The van der Waals surface area contributed by atoms with Crippen molar-refractivity contribution in [3.8, 4) is 6.07 Å². The number of nitrogens with zero attached hydrogens (tertiary/aromatic N) is 1. The normalized spacial score (nSPS) is 11.8. The molecule has 0 aromatic heterocycles. The quantitative estimate of drug-likeness (QED) is 0.898. The maximum absolute atomic E-state index is 12.7. The molecule has 0 radical (unpaired) electrons. The summed E-state index contributed by atoms with van der Waals surface area (Å²) in [5.41, 5.74) is -1.17. The molecular formula is C14H8ClF3N2O2S. The van der Waals surface area contributed by atoms with Gasteiger partial charge in [-0.3, -0.25) is 4.72 Å². The molecule has 2 aromatic carbocycles. The van der Waals surface area contributed by atoms with Gasteiger partial charge in [0, 0.05) is 0 Å². The van der Waals surface area contributed by atoms with Crippen LogP contribution in [0.4, 0.5) is 18.9 Å². The fourth-order valence-electron chi connectivity index (χ4n) is 1.75. The van der Waals surface area contributed by atoms with E-state index >= 15 is 0 Å². The predicted octanol–water partition coefficient (Wildman–Crippen LogP) is 4.03. The highest BCUT2D eigenvalue weighted by Gasteiger charge is 2.32. The van der Waals surface area contributed by atoms with Crippen LogP contribution in [0.25, 0.3) is 0 Å². The van der Waals surface area contributed by atoms with Crippen LogP contribution in [0.3, 0.4) is 0 Å². The second-order valence-corrected chi connectivity index (χ2v) is 6.46. The van der Waals surface area contributed by atoms with E-state index in [9.17, 15) is 21.6 Å². The summed E-state index contributed by atoms with van der Waals surface area (Å²) in [6.45, 7) is 0. The van der Waals surface area contributed by atoms with Gasteiger partial charge in [-0.2, -0.15) is 18.4 Å². The van der Waals surface area contributed by atoms with Crippen LogP contribution in [0.15, 0.2) is 47.4 Å². The van der Waals surface area contributed by atoms with Gasteiger partial charge in [-0.05, 0) is 30.3 Å². The molecule has 9 heteroatoms. The average Bonchev–Trinajstić information content (AvgIpc) is 2.46. The number of hydrogen-bond donors (Lipinski definition) is 1. The monoisotopic (exact) mass is 360 g/mol. The van der Waals surface area contributed by atoms with Crippen LogP contribution in [0.5, 0.6) is 0 Å². The van der Waals surface area contributed by atoms with Crippen molar-refractivity contribution < 1.29 is 21.6 Å². The molecule has 2 rings (SSSR count). The van der Waals surface area contributed by atoms with Crippen molar-refractivity contribution in [1.82, 2.24) is 0 Å². The first-order valence-electron chi connectivity index (χ1n) is 6.04. The summed E-state index contributed by atoms with van der Waals surface area (Å²) in [5, 5.41) is 8.57. The third-order valence-corrected chi connectivity index (χ3v) is 4.69. The van der Waals surface area contributed by atoms with E-state index in [4.69, 9.17) is 16.9 Å². The lowest BCUT2D eigenvalue weighted by atomic mass is 10.2. The molecule has 2 aromatic rings. The van der Waals surface area contributed by atoms with E-state index < -0.39 is 26.7 Å². The Labute approximate surface area is 135 Å². The average molecular weight is 361 g/mol. The largest absolute Gasteiger partial charge is 0.416 e. The Hall–Kier alpha value is -2.24. The molecule has 0 aliphatic carbocycles. The highest BCUT2D eigenvalue weighted by Crippen LogP contribution is 2.34. The van der Waals surface area contributed by atoms with Crippen LogP contribution in [0, 0.1) is 11.3 Å². The van der Waals surface area contributed by atoms with Crippen LogP contribution < -0.4 is 4.72 Å². The molecule has 1 N–H and O–H groups in total. The van der Waals surface area contributed by atoms with Crippen molar-refractivity contribution in [2.24, 2.45) is 0 Å². The summed E-state index contributed by atoms with van der Waals surface area (Å²) in [6.07, 6.45) is -4.71. The molecule has 0 spiro atoms. The minimum atomic E-state index is -4.71. The number of nitriles is 1. The van der Waals surface area contributed by atoms with E-state index in [2.05, 4.69) is 4.72 Å². The first-order chi connectivity index (χ1) is 10.6. The molecule has 0 atom stereocenters. The smallest absolute Gasteiger partial charge is 0.278 e. The van der Waals surface area contributed by atoms with Gasteiger partial charge in [0.25, 0.3) is 10.0 Å². The van der Waals surface area contributed by atoms with Gasteiger partial charge < -0.3 is 0 Å². The number of benzene rings is 2. The van der Waals surface area contributed by atoms with Crippen LogP contribution in [-0.2, 0) is 16.2 Å². The highest BCUT2D eigenvalue weighted by atomic mass is 35.5. The molecule has 0 heterocycles. The van der Waals surface area contributed by atoms with Crippen molar-refractivity contribution in [3.63, 3.8) is 0 Å². The first-order valence-corrected chi connectivity index (χ1v) is 7.90. The number of sulfonamides is 1. The number of rotatable bonds is 3. The highest BCUT2D eigenvalue weighted by molar-refractivity contribution is 7.92. The molecule has 23 heavy (non-hydrogen) atoms. The van der Waals surface area contributed by atoms with Crippen molar-refractivity contribution in [3.05, 3.63) is 58.6 Å². The molecule has 0 saturated heterocycles. The van der Waals surface area contributed by atoms with Gasteiger partial charge in [0.15, 0.2) is 0 Å². The first kappa shape index (κ1) is 17.1. The number of para-hydroxylation sites is 1. The van der Waals surface area contributed by atoms with Crippen LogP contribution in [-0.4, -0.2) is 8.42 Å². The van der Waals surface area contributed by atoms with Crippen molar-refractivity contribution in [1.29, 1.82) is 5.26 Å². The van der Waals surface area contributed by atoms with Gasteiger partial charge in [-0.25, -0.2) is 8.42 Å². The molecule has 0 amide bonds. The minimum Gasteiger partial charge on any atom is -0.278 e. The van der Waals surface area contributed by atoms with Crippen molar-refractivity contribution in [2.45, 2.75) is 11.1 Å². The molecule has 0 aliphatic rings. The second kappa shape index (κ2) is 6.10. The number of hydrogen-bond acceptors (Lipinski definition) is 3. The summed E-state index contributed by atoms with van der Waals surface area (Å²) in [7, 11) is -4.39. The van der Waals surface area contributed by atoms with E-state index in [-0.39, 0.29) is 16.3 Å². The van der Waals surface area contributed by atoms with Gasteiger partial charge >= 0.3 is 6.18 Å². The van der Waals surface area contributed by atoms with Gasteiger partial charge in [0.05, 0.1) is 21.8 Å². The minimum absolute atomic E-state index is 0.0270. The maximum atomic E-state index is 12.7. The number of anilines is 1. The summed E-state index contributed by atoms with van der Waals surface area (Å²) < 4.78 is 64.9. The third-order valence-electron chi connectivity index (χ3n) is 2.84. The second-order valence-electron chi connectivity index (χ2n) is 4.41. The lowest BCUT2D eigenvalue weighted by molar-refractivity contribution is -0.137. The zero-order valence-electron chi connectivity index (χ0n) is 11.2. The standard InChI is InChI=1S/C14H8ClF3N2O2S/c15-11-6-5-10(14(16,17)18)7-13(11)23(21,22)20-12-4-2-1-3-9(12)8-19/h1-7,20H. The van der Waals surface area contributed by atoms with Crippen LogP contribution in [0.2, 0.25) is 5.02 Å². The topological polar surface area (TPSA) is 70.0 Å². The van der Waals surface area contributed by atoms with E-state index in [1.807, 2.05) is 0 Å². The number of nitrogens with one attached hydrogen (secondary N) is 1. The number of halogens is 4. The molecule has 0 aliphatic heterocycles. The fraction of sp³-hybridized carbons (Fsp3) is 0.0714. The Balaban J connectivity index is 2.50. The molecular weight excluding hydrogens is 353 g/mol. The Morgan fingerprint density at radius 2 is 1.78 bits per heavy atom. The fourth-order valence-corrected chi connectivity index (χ4v) is 3.36. The van der Waals surface area contributed by atoms with Gasteiger partial charge in [-0.1, -0.05) is 23.7 Å². The Bertz CT molecular complexity index is 890. The summed E-state index contributed by atoms with van der Waals surface area (Å²) >= 11 is 5.72. The SMILES string of the molecule is N#Cc1ccccc1NS(=O)(=O)c1cc(C(F)(F)F)ccc1Cl. The lowest BCUT2D eigenvalue weighted by Gasteiger charge is -2.13. The zero-order chi connectivity index (χ0) is 17.3. The number of alkyl halides is 3. The third kappa shape index (κ3) is 3.75. The molecule has 4 nitrogen and oxygen atoms in total. The zero-order valence-corrected chi connectivity index (χ0v) is 12.8. The lowest BCUT2D eigenvalue weighted by Crippen LogP contribution is -2.16. The van der Waals surface area contributed by atoms with E-state index in [1.54, 1.807) is 6.07 Å². The molecule has 0 unspecified atom stereocenters. The molecule has 120 valence electrons. The van der Waals surface area contributed by atoms with Crippen molar-refractivity contribution >= 4 is 27.3 Å². The van der Waals surface area contributed by atoms with E-state index in [1.165, 1.54) is 24.3 Å². The van der Waals surface area contributed by atoms with E-state index in [0.29, 0.717) is 12.1 Å². The Morgan fingerprint density at radius 1 is 1.13 bits per heavy atom. The van der Waals surface area contributed by atoms with Crippen molar-refractivity contribution in [2.75, 3.05) is 4.72 Å². The summed E-state index contributed by atoms with van der Waals surface area (Å²) in [4.78, 5) is -0.721. The molecule has 0 bridgehead atoms. The van der Waals surface area contributed by atoms with Crippen LogP contribution in [0.1, 0.15) is 11.1 Å². The molecule has 0 fully saturated rings. The van der Waals surface area contributed by atoms with Gasteiger partial charge in [-0.15, -0.1) is 0 Å².